The van der Waals surface area contributed by atoms with E-state index in [1.165, 1.54) is 11.8 Å². The third-order valence-electron chi connectivity index (χ3n) is 4.39. The van der Waals surface area contributed by atoms with Gasteiger partial charge in [-0.15, -0.1) is 0 Å². The van der Waals surface area contributed by atoms with Gasteiger partial charge in [-0.1, -0.05) is 23.9 Å². The lowest BCUT2D eigenvalue weighted by Crippen LogP contribution is -2.23. The second-order valence-electron chi connectivity index (χ2n) is 6.51. The van der Waals surface area contributed by atoms with Gasteiger partial charge in [0.15, 0.2) is 16.7 Å². The fourth-order valence-corrected chi connectivity index (χ4v) is 3.76. The third-order valence-corrected chi connectivity index (χ3v) is 5.35. The van der Waals surface area contributed by atoms with Gasteiger partial charge in [0.2, 0.25) is 5.91 Å². The molecular weight excluding hydrogens is 388 g/mol. The summed E-state index contributed by atoms with van der Waals surface area (Å²) in [4.78, 5) is 21.9. The Kier molecular flexibility index (Phi) is 5.71. The smallest absolute Gasteiger partial charge is 0.237 e. The molecule has 8 heteroatoms. The van der Waals surface area contributed by atoms with Crippen LogP contribution in [-0.4, -0.2) is 40.9 Å². The lowest BCUT2D eigenvalue weighted by atomic mass is 10.2. The number of carbonyl (C=O) groups excluding carboxylic acids is 1. The molecule has 1 aliphatic heterocycles. The van der Waals surface area contributed by atoms with Crippen LogP contribution in [0, 0.1) is 0 Å². The van der Waals surface area contributed by atoms with Crippen molar-refractivity contribution >= 4 is 40.1 Å². The predicted octanol–water partition coefficient (Wildman–Crippen LogP) is 3.95. The normalized spacial score (nSPS) is 13.7. The number of nitrogens with zero attached hydrogens (tertiary/aromatic N) is 2. The summed E-state index contributed by atoms with van der Waals surface area (Å²) in [6.45, 7) is 5.65. The Labute approximate surface area is 173 Å². The number of fused-ring (bicyclic) bond motifs is 2. The first-order chi connectivity index (χ1) is 14.1. The van der Waals surface area contributed by atoms with Crippen LogP contribution in [0.1, 0.15) is 13.8 Å². The van der Waals surface area contributed by atoms with Crippen LogP contribution in [0.2, 0.25) is 0 Å². The van der Waals surface area contributed by atoms with Gasteiger partial charge in [0, 0.05) is 23.7 Å². The van der Waals surface area contributed by atoms with Crippen molar-refractivity contribution in [2.45, 2.75) is 24.3 Å². The molecule has 1 aliphatic rings. The number of hydrogen-bond acceptors (Lipinski definition) is 7. The van der Waals surface area contributed by atoms with Gasteiger partial charge >= 0.3 is 0 Å². The second-order valence-corrected chi connectivity index (χ2v) is 7.82. The molecule has 1 aromatic heterocycles. The van der Waals surface area contributed by atoms with Crippen molar-refractivity contribution in [3.8, 4) is 11.5 Å². The topological polar surface area (TPSA) is 85.4 Å². The number of anilines is 2. The molecule has 2 N–H and O–H groups in total. The van der Waals surface area contributed by atoms with Gasteiger partial charge in [-0.2, -0.15) is 0 Å². The highest BCUT2D eigenvalue weighted by molar-refractivity contribution is 8.00. The standard InChI is InChI=1S/C21H22N4O3S/c1-3-22-19-15-6-4-5-7-16(15)24-21(25-19)29-13(2)20(26)23-14-8-9-17-18(12-14)28-11-10-27-17/h4-9,12-13H,3,10-11H2,1-2H3,(H,23,26)(H,22,24,25). The van der Waals surface area contributed by atoms with Crippen molar-refractivity contribution in [2.24, 2.45) is 0 Å². The molecule has 0 saturated carbocycles. The molecule has 0 bridgehead atoms. The maximum Gasteiger partial charge on any atom is 0.237 e. The molecule has 0 spiro atoms. The van der Waals surface area contributed by atoms with Crippen molar-refractivity contribution in [2.75, 3.05) is 30.4 Å². The molecule has 7 nitrogen and oxygen atoms in total. The second kappa shape index (κ2) is 8.57. The highest BCUT2D eigenvalue weighted by atomic mass is 32.2. The summed E-state index contributed by atoms with van der Waals surface area (Å²) in [6, 6.07) is 13.2. The molecule has 0 aliphatic carbocycles. The van der Waals surface area contributed by atoms with E-state index in [4.69, 9.17) is 9.47 Å². The SMILES string of the molecule is CCNc1nc(SC(C)C(=O)Nc2ccc3c(c2)OCCO3)nc2ccccc12. The van der Waals surface area contributed by atoms with E-state index in [-0.39, 0.29) is 11.2 Å². The van der Waals surface area contributed by atoms with Crippen molar-refractivity contribution < 1.29 is 14.3 Å². The van der Waals surface area contributed by atoms with Crippen LogP contribution in [0.3, 0.4) is 0 Å². The van der Waals surface area contributed by atoms with Crippen LogP contribution in [0.25, 0.3) is 10.9 Å². The predicted molar refractivity (Wildman–Crippen MR) is 115 cm³/mol. The van der Waals surface area contributed by atoms with Crippen LogP contribution in [0.5, 0.6) is 11.5 Å². The number of nitrogens with one attached hydrogen (secondary N) is 2. The maximum atomic E-state index is 12.7. The molecule has 150 valence electrons. The van der Waals surface area contributed by atoms with E-state index < -0.39 is 0 Å². The zero-order chi connectivity index (χ0) is 20.2. The van der Waals surface area contributed by atoms with Crippen molar-refractivity contribution in [1.29, 1.82) is 0 Å². The van der Waals surface area contributed by atoms with E-state index in [0.717, 1.165) is 23.3 Å². The number of rotatable bonds is 6. The molecule has 2 heterocycles. The minimum absolute atomic E-state index is 0.131. The van der Waals surface area contributed by atoms with Gasteiger partial charge in [0.1, 0.15) is 19.0 Å². The average Bonchev–Trinajstić information content (AvgIpc) is 2.74. The fraction of sp³-hybridized carbons (Fsp3) is 0.286. The number of ether oxygens (including phenoxy) is 2. The summed E-state index contributed by atoms with van der Waals surface area (Å²) < 4.78 is 11.1. The van der Waals surface area contributed by atoms with Crippen LogP contribution in [-0.2, 0) is 4.79 Å². The van der Waals surface area contributed by atoms with E-state index in [0.29, 0.717) is 35.6 Å². The molecule has 0 saturated heterocycles. The molecule has 29 heavy (non-hydrogen) atoms. The van der Waals surface area contributed by atoms with E-state index in [9.17, 15) is 4.79 Å². The highest BCUT2D eigenvalue weighted by Crippen LogP contribution is 2.33. The van der Waals surface area contributed by atoms with E-state index in [2.05, 4.69) is 20.6 Å². The monoisotopic (exact) mass is 410 g/mol. The molecule has 0 fully saturated rings. The minimum Gasteiger partial charge on any atom is -0.486 e. The number of carbonyl (C=O) groups is 1. The molecular formula is C21H22N4O3S. The van der Waals surface area contributed by atoms with Crippen LogP contribution in [0.15, 0.2) is 47.6 Å². The van der Waals surface area contributed by atoms with Crippen LogP contribution in [0.4, 0.5) is 11.5 Å². The summed E-state index contributed by atoms with van der Waals surface area (Å²) in [5, 5.41) is 7.34. The quantitative estimate of drug-likeness (QED) is 0.470. The average molecular weight is 410 g/mol. The summed E-state index contributed by atoms with van der Waals surface area (Å²) in [6.07, 6.45) is 0. The molecule has 4 rings (SSSR count). The number of aromatic nitrogens is 2. The van der Waals surface area contributed by atoms with Crippen molar-refractivity contribution in [3.63, 3.8) is 0 Å². The first-order valence-electron chi connectivity index (χ1n) is 9.52. The zero-order valence-electron chi connectivity index (χ0n) is 16.3. The summed E-state index contributed by atoms with van der Waals surface area (Å²) in [5.74, 6) is 1.98. The molecule has 2 aromatic carbocycles. The van der Waals surface area contributed by atoms with E-state index in [1.54, 1.807) is 18.2 Å². The Morgan fingerprint density at radius 2 is 1.93 bits per heavy atom. The zero-order valence-corrected chi connectivity index (χ0v) is 17.1. The number of amides is 1. The Bertz CT molecular complexity index is 1040. The maximum absolute atomic E-state index is 12.7. The van der Waals surface area contributed by atoms with E-state index in [1.807, 2.05) is 38.1 Å². The van der Waals surface area contributed by atoms with Gasteiger partial charge in [-0.3, -0.25) is 4.79 Å². The number of hydrogen-bond donors (Lipinski definition) is 2. The summed E-state index contributed by atoms with van der Waals surface area (Å²) in [7, 11) is 0. The number of benzene rings is 2. The first kappa shape index (κ1) is 19.3. The number of para-hydroxylation sites is 1. The number of thioether (sulfide) groups is 1. The van der Waals surface area contributed by atoms with Gasteiger partial charge in [-0.05, 0) is 38.1 Å². The van der Waals surface area contributed by atoms with Crippen molar-refractivity contribution in [3.05, 3.63) is 42.5 Å². The molecule has 1 amide bonds. The molecule has 0 radical (unpaired) electrons. The highest BCUT2D eigenvalue weighted by Gasteiger charge is 2.19. The Hall–Kier alpha value is -3.00. The molecule has 1 atom stereocenters. The summed E-state index contributed by atoms with van der Waals surface area (Å²) >= 11 is 1.32. The van der Waals surface area contributed by atoms with Gasteiger partial charge in [-0.25, -0.2) is 9.97 Å². The van der Waals surface area contributed by atoms with Gasteiger partial charge in [0.05, 0.1) is 10.8 Å². The molecule has 3 aromatic rings. The van der Waals surface area contributed by atoms with E-state index >= 15 is 0 Å². The minimum atomic E-state index is -0.376. The first-order valence-corrected chi connectivity index (χ1v) is 10.4. The third kappa shape index (κ3) is 4.37. The van der Waals surface area contributed by atoms with Gasteiger partial charge < -0.3 is 20.1 Å². The lowest BCUT2D eigenvalue weighted by Gasteiger charge is -2.19. The Morgan fingerprint density at radius 3 is 2.76 bits per heavy atom. The van der Waals surface area contributed by atoms with Crippen molar-refractivity contribution in [1.82, 2.24) is 9.97 Å². The Morgan fingerprint density at radius 1 is 1.14 bits per heavy atom. The molecule has 1 unspecified atom stereocenters. The summed E-state index contributed by atoms with van der Waals surface area (Å²) in [5.41, 5.74) is 1.51. The Balaban J connectivity index is 1.48. The fourth-order valence-electron chi connectivity index (χ4n) is 2.99. The van der Waals surface area contributed by atoms with Crippen LogP contribution >= 0.6 is 11.8 Å². The lowest BCUT2D eigenvalue weighted by molar-refractivity contribution is -0.115. The largest absolute Gasteiger partial charge is 0.486 e. The van der Waals surface area contributed by atoms with Gasteiger partial charge in [0.25, 0.3) is 0 Å². The van der Waals surface area contributed by atoms with Crippen LogP contribution < -0.4 is 20.1 Å².